The molecule has 2 heterocycles. The number of hydrogen-bond donors (Lipinski definition) is 0. The molecule has 0 radical (unpaired) electrons. The normalized spacial score (nSPS) is 14.7. The third kappa shape index (κ3) is 3.73. The largest absolute Gasteiger partial charge is 0.348 e. The summed E-state index contributed by atoms with van der Waals surface area (Å²) in [6.45, 7) is 0. The van der Waals surface area contributed by atoms with Crippen LogP contribution < -0.4 is 0 Å². The van der Waals surface area contributed by atoms with Crippen LogP contribution in [0.5, 0.6) is 0 Å². The van der Waals surface area contributed by atoms with Gasteiger partial charge in [-0.05, 0) is 30.5 Å². The summed E-state index contributed by atoms with van der Waals surface area (Å²) < 4.78 is 2.17. The van der Waals surface area contributed by atoms with Gasteiger partial charge in [0, 0.05) is 38.1 Å². The molecule has 1 aromatic carbocycles. The molecule has 1 aliphatic rings. The van der Waals surface area contributed by atoms with Crippen molar-refractivity contribution in [2.75, 3.05) is 14.1 Å². The van der Waals surface area contributed by atoms with E-state index in [4.69, 9.17) is 0 Å². The third-order valence-electron chi connectivity index (χ3n) is 4.49. The maximum absolute atomic E-state index is 12.9. The van der Waals surface area contributed by atoms with Crippen LogP contribution in [-0.2, 0) is 4.79 Å². The van der Waals surface area contributed by atoms with Crippen LogP contribution in [0.4, 0.5) is 0 Å². The molecule has 0 bridgehead atoms. The molecule has 6 nitrogen and oxygen atoms in total. The molecule has 1 atom stereocenters. The van der Waals surface area contributed by atoms with Gasteiger partial charge in [0.15, 0.2) is 11.0 Å². The Morgan fingerprint density at radius 2 is 1.93 bits per heavy atom. The topological polar surface area (TPSA) is 63.9 Å². The quantitative estimate of drug-likeness (QED) is 0.613. The van der Waals surface area contributed by atoms with Crippen molar-refractivity contribution in [2.45, 2.75) is 29.3 Å². The van der Waals surface area contributed by atoms with Crippen molar-refractivity contribution in [3.63, 3.8) is 0 Å². The van der Waals surface area contributed by atoms with Gasteiger partial charge in [-0.15, -0.1) is 10.2 Å². The first kappa shape index (κ1) is 17.7. The molecule has 0 aliphatic heterocycles. The van der Waals surface area contributed by atoms with Gasteiger partial charge >= 0.3 is 0 Å². The number of carbonyl (C=O) groups excluding carboxylic acids is 1. The molecule has 0 spiro atoms. The summed E-state index contributed by atoms with van der Waals surface area (Å²) in [5, 5.41) is 9.29. The number of amides is 1. The predicted molar refractivity (Wildman–Crippen MR) is 105 cm³/mol. The van der Waals surface area contributed by atoms with Gasteiger partial charge in [0.05, 0.1) is 0 Å². The molecule has 7 heteroatoms. The average Bonchev–Trinajstić information content (AvgIpc) is 3.46. The average molecular weight is 379 g/mol. The SMILES string of the molecule is CN(C)C(=O)C(Sc1nnc(-c2cccnc2)n1C1CC1)c1ccccc1. The van der Waals surface area contributed by atoms with E-state index in [-0.39, 0.29) is 11.2 Å². The highest BCUT2D eigenvalue weighted by Gasteiger charge is 2.33. The fraction of sp³-hybridized carbons (Fsp3) is 0.300. The summed E-state index contributed by atoms with van der Waals surface area (Å²) in [6, 6.07) is 14.1. The maximum Gasteiger partial charge on any atom is 0.240 e. The highest BCUT2D eigenvalue weighted by molar-refractivity contribution is 8.00. The van der Waals surface area contributed by atoms with Crippen molar-refractivity contribution in [2.24, 2.45) is 0 Å². The molecule has 0 saturated heterocycles. The number of thioether (sulfide) groups is 1. The lowest BCUT2D eigenvalue weighted by molar-refractivity contribution is -0.128. The van der Waals surface area contributed by atoms with Gasteiger partial charge < -0.3 is 4.90 Å². The monoisotopic (exact) mass is 379 g/mol. The molecule has 1 saturated carbocycles. The minimum Gasteiger partial charge on any atom is -0.348 e. The highest BCUT2D eigenvalue weighted by atomic mass is 32.2. The van der Waals surface area contributed by atoms with E-state index in [0.29, 0.717) is 6.04 Å². The summed E-state index contributed by atoms with van der Waals surface area (Å²) in [5.74, 6) is 0.858. The van der Waals surface area contributed by atoms with Crippen molar-refractivity contribution >= 4 is 17.7 Å². The third-order valence-corrected chi connectivity index (χ3v) is 5.69. The first-order valence-electron chi connectivity index (χ1n) is 8.93. The van der Waals surface area contributed by atoms with Crippen LogP contribution in [0, 0.1) is 0 Å². The molecule has 3 aromatic rings. The summed E-state index contributed by atoms with van der Waals surface area (Å²) in [6.07, 6.45) is 5.77. The lowest BCUT2D eigenvalue weighted by Crippen LogP contribution is -2.27. The number of carbonyl (C=O) groups is 1. The van der Waals surface area contributed by atoms with E-state index < -0.39 is 0 Å². The van der Waals surface area contributed by atoms with Crippen LogP contribution in [0.25, 0.3) is 11.4 Å². The fourth-order valence-corrected chi connectivity index (χ4v) is 4.19. The fourth-order valence-electron chi connectivity index (χ4n) is 2.94. The Balaban J connectivity index is 1.72. The lowest BCUT2D eigenvalue weighted by atomic mass is 10.1. The van der Waals surface area contributed by atoms with Gasteiger partial charge in [0.1, 0.15) is 5.25 Å². The van der Waals surface area contributed by atoms with Crippen molar-refractivity contribution in [3.8, 4) is 11.4 Å². The number of hydrogen-bond acceptors (Lipinski definition) is 5. The molecule has 1 amide bonds. The Kier molecular flexibility index (Phi) is 4.94. The Bertz CT molecular complexity index is 922. The minimum atomic E-state index is -0.357. The molecular weight excluding hydrogens is 358 g/mol. The van der Waals surface area contributed by atoms with Crippen molar-refractivity contribution in [1.29, 1.82) is 0 Å². The minimum absolute atomic E-state index is 0.0412. The molecule has 0 N–H and O–H groups in total. The predicted octanol–water partition coefficient (Wildman–Crippen LogP) is 3.60. The summed E-state index contributed by atoms with van der Waals surface area (Å²) in [4.78, 5) is 18.7. The smallest absolute Gasteiger partial charge is 0.240 e. The van der Waals surface area contributed by atoms with Gasteiger partial charge in [-0.25, -0.2) is 0 Å². The summed E-state index contributed by atoms with van der Waals surface area (Å²) >= 11 is 1.47. The number of pyridine rings is 1. The molecule has 2 aromatic heterocycles. The number of nitrogens with zero attached hydrogens (tertiary/aromatic N) is 5. The number of likely N-dealkylation sites (N-methyl/N-ethyl adjacent to an activating group) is 1. The van der Waals surface area contributed by atoms with Crippen LogP contribution >= 0.6 is 11.8 Å². The van der Waals surface area contributed by atoms with E-state index in [1.165, 1.54) is 11.8 Å². The highest BCUT2D eigenvalue weighted by Crippen LogP contribution is 2.44. The van der Waals surface area contributed by atoms with Gasteiger partial charge in [0.25, 0.3) is 0 Å². The number of rotatable bonds is 6. The maximum atomic E-state index is 12.9. The van der Waals surface area contributed by atoms with Gasteiger partial charge in [-0.2, -0.15) is 0 Å². The van der Waals surface area contributed by atoms with Gasteiger partial charge in [-0.1, -0.05) is 42.1 Å². The zero-order valence-corrected chi connectivity index (χ0v) is 16.1. The van der Waals surface area contributed by atoms with Crippen LogP contribution in [0.15, 0.2) is 60.0 Å². The molecule has 1 fully saturated rings. The van der Waals surface area contributed by atoms with Crippen LogP contribution in [0.3, 0.4) is 0 Å². The molecule has 138 valence electrons. The van der Waals surface area contributed by atoms with Crippen molar-refractivity contribution in [1.82, 2.24) is 24.6 Å². The molecule has 27 heavy (non-hydrogen) atoms. The van der Waals surface area contributed by atoms with Gasteiger partial charge in [0.2, 0.25) is 5.91 Å². The van der Waals surface area contributed by atoms with E-state index in [0.717, 1.165) is 34.9 Å². The standard InChI is InChI=1S/C20H21N5OS/c1-24(2)19(26)17(14-7-4-3-5-8-14)27-20-23-22-18(25(20)16-10-11-16)15-9-6-12-21-13-15/h3-9,12-13,16-17H,10-11H2,1-2H3. The molecule has 4 rings (SSSR count). The summed E-state index contributed by atoms with van der Waals surface area (Å²) in [5.41, 5.74) is 1.91. The molecule has 1 aliphatic carbocycles. The lowest BCUT2D eigenvalue weighted by Gasteiger charge is -2.20. The zero-order valence-electron chi connectivity index (χ0n) is 15.3. The van der Waals surface area contributed by atoms with Crippen LogP contribution in [0.1, 0.15) is 29.7 Å². The van der Waals surface area contributed by atoms with Crippen molar-refractivity contribution in [3.05, 3.63) is 60.4 Å². The molecular formula is C20H21N5OS. The van der Waals surface area contributed by atoms with E-state index >= 15 is 0 Å². The Morgan fingerprint density at radius 3 is 2.56 bits per heavy atom. The first-order valence-corrected chi connectivity index (χ1v) is 9.81. The zero-order chi connectivity index (χ0) is 18.8. The second-order valence-corrected chi connectivity index (χ2v) is 7.86. The Morgan fingerprint density at radius 1 is 1.15 bits per heavy atom. The number of benzene rings is 1. The second-order valence-electron chi connectivity index (χ2n) is 6.79. The van der Waals surface area contributed by atoms with Crippen LogP contribution in [0.2, 0.25) is 0 Å². The van der Waals surface area contributed by atoms with E-state index in [1.807, 2.05) is 42.5 Å². The number of aromatic nitrogens is 4. The van der Waals surface area contributed by atoms with E-state index in [1.54, 1.807) is 31.4 Å². The Hall–Kier alpha value is -2.67. The second kappa shape index (κ2) is 7.52. The van der Waals surface area contributed by atoms with Gasteiger partial charge in [-0.3, -0.25) is 14.3 Å². The van der Waals surface area contributed by atoms with Crippen molar-refractivity contribution < 1.29 is 4.79 Å². The van der Waals surface area contributed by atoms with E-state index in [9.17, 15) is 4.79 Å². The molecule has 1 unspecified atom stereocenters. The Labute approximate surface area is 162 Å². The summed E-state index contributed by atoms with van der Waals surface area (Å²) in [7, 11) is 3.57. The first-order chi connectivity index (χ1) is 13.1. The van der Waals surface area contributed by atoms with Crippen LogP contribution in [-0.4, -0.2) is 44.7 Å². The van der Waals surface area contributed by atoms with E-state index in [2.05, 4.69) is 19.7 Å².